The normalized spacial score (nSPS) is 24.0. The molecule has 0 spiro atoms. The zero-order chi connectivity index (χ0) is 24.4. The van der Waals surface area contributed by atoms with E-state index in [2.05, 4.69) is 20.4 Å². The van der Waals surface area contributed by atoms with E-state index < -0.39 is 18.2 Å². The van der Waals surface area contributed by atoms with E-state index in [0.717, 1.165) is 17.7 Å². The van der Waals surface area contributed by atoms with Gasteiger partial charge in [-0.3, -0.25) is 9.20 Å². The average Bonchev–Trinajstić information content (AvgIpc) is 3.59. The molecule has 182 valence electrons. The van der Waals surface area contributed by atoms with E-state index in [-0.39, 0.29) is 23.0 Å². The second kappa shape index (κ2) is 7.70. The second-order valence-corrected chi connectivity index (χ2v) is 9.78. The van der Waals surface area contributed by atoms with Crippen LogP contribution >= 0.6 is 0 Å². The van der Waals surface area contributed by atoms with Gasteiger partial charge in [-0.15, -0.1) is 0 Å². The van der Waals surface area contributed by atoms with E-state index in [9.17, 15) is 9.18 Å². The molecule has 1 aliphatic carbocycles. The maximum atomic E-state index is 13.4. The van der Waals surface area contributed by atoms with Crippen molar-refractivity contribution in [1.29, 1.82) is 0 Å². The Morgan fingerprint density at radius 2 is 2.11 bits per heavy atom. The molecule has 4 aromatic rings. The molecule has 2 bridgehead atoms. The standard InChI is InChI=1S/C24H26FN7O3/c1-4-15(3)35-21-16(20(33)28-17-6-27-32-7-14(2)5-26-19(17)32)8-31-9-18(29-22(31)30-21)23-10-24(11-23,12-25)34-13-23/h5-9,15H,4,10-13H2,1-3H3,(H,28,33)/t15-,23?,24?/m0/s1. The van der Waals surface area contributed by atoms with Crippen LogP contribution in [0.5, 0.6) is 5.88 Å². The first-order valence-corrected chi connectivity index (χ1v) is 11.7. The van der Waals surface area contributed by atoms with Crippen LogP contribution in [0.4, 0.5) is 10.1 Å². The van der Waals surface area contributed by atoms with E-state index in [4.69, 9.17) is 14.5 Å². The fourth-order valence-electron chi connectivity index (χ4n) is 4.99. The van der Waals surface area contributed by atoms with Crippen LogP contribution in [-0.4, -0.2) is 59.9 Å². The Kier molecular flexibility index (Phi) is 4.82. The summed E-state index contributed by atoms with van der Waals surface area (Å²) in [7, 11) is 0. The third kappa shape index (κ3) is 3.44. The average molecular weight is 480 g/mol. The van der Waals surface area contributed by atoms with Gasteiger partial charge in [0, 0.05) is 30.2 Å². The molecule has 10 nitrogen and oxygen atoms in total. The first-order chi connectivity index (χ1) is 16.8. The molecular weight excluding hydrogens is 453 g/mol. The number of alkyl halides is 1. The third-order valence-corrected chi connectivity index (χ3v) is 7.04. The molecule has 1 N–H and O–H groups in total. The minimum atomic E-state index is -0.667. The maximum absolute atomic E-state index is 13.4. The van der Waals surface area contributed by atoms with Crippen molar-refractivity contribution in [3.63, 3.8) is 0 Å². The zero-order valence-electron chi connectivity index (χ0n) is 19.8. The largest absolute Gasteiger partial charge is 0.474 e. The van der Waals surface area contributed by atoms with Gasteiger partial charge in [-0.25, -0.2) is 18.9 Å². The highest BCUT2D eigenvalue weighted by Gasteiger charge is 2.64. The molecule has 1 saturated carbocycles. The molecule has 0 radical (unpaired) electrons. The number of aromatic nitrogens is 6. The molecule has 1 amide bonds. The molecule has 35 heavy (non-hydrogen) atoms. The number of ether oxygens (including phenoxy) is 2. The number of aryl methyl sites for hydroxylation is 1. The molecule has 6 heterocycles. The Hall–Kier alpha value is -3.60. The second-order valence-electron chi connectivity index (χ2n) is 9.78. The third-order valence-electron chi connectivity index (χ3n) is 7.04. The number of nitrogens with zero attached hydrogens (tertiary/aromatic N) is 6. The fourth-order valence-corrected chi connectivity index (χ4v) is 4.99. The van der Waals surface area contributed by atoms with Crippen LogP contribution in [0.15, 0.2) is 31.0 Å². The van der Waals surface area contributed by atoms with Crippen molar-refractivity contribution in [3.05, 3.63) is 47.8 Å². The van der Waals surface area contributed by atoms with Gasteiger partial charge in [-0.05, 0) is 38.7 Å². The summed E-state index contributed by atoms with van der Waals surface area (Å²) in [6.45, 7) is 5.78. The number of halogens is 1. The van der Waals surface area contributed by atoms with Gasteiger partial charge in [0.1, 0.15) is 17.9 Å². The molecular formula is C24H26FN7O3. The molecule has 2 saturated heterocycles. The van der Waals surface area contributed by atoms with Crippen molar-refractivity contribution in [1.82, 2.24) is 29.0 Å². The first kappa shape index (κ1) is 21.9. The predicted molar refractivity (Wildman–Crippen MR) is 125 cm³/mol. The van der Waals surface area contributed by atoms with Gasteiger partial charge in [0.25, 0.3) is 5.91 Å². The van der Waals surface area contributed by atoms with Gasteiger partial charge < -0.3 is 14.8 Å². The van der Waals surface area contributed by atoms with Gasteiger partial charge in [-0.2, -0.15) is 10.1 Å². The Labute approximate surface area is 200 Å². The van der Waals surface area contributed by atoms with Crippen molar-refractivity contribution in [3.8, 4) is 5.88 Å². The maximum Gasteiger partial charge on any atom is 0.262 e. The van der Waals surface area contributed by atoms with Crippen LogP contribution in [0.2, 0.25) is 0 Å². The number of hydrogen-bond donors (Lipinski definition) is 1. The summed E-state index contributed by atoms with van der Waals surface area (Å²) in [5.74, 6) is 0.225. The fraction of sp³-hybridized carbons (Fsp3) is 0.458. The van der Waals surface area contributed by atoms with Gasteiger partial charge >= 0.3 is 0 Å². The number of nitrogens with one attached hydrogen (secondary N) is 1. The smallest absolute Gasteiger partial charge is 0.262 e. The molecule has 11 heteroatoms. The van der Waals surface area contributed by atoms with Crippen LogP contribution < -0.4 is 10.1 Å². The predicted octanol–water partition coefficient (Wildman–Crippen LogP) is 3.28. The van der Waals surface area contributed by atoms with Gasteiger partial charge in [0.2, 0.25) is 11.7 Å². The minimum absolute atomic E-state index is 0.147. The summed E-state index contributed by atoms with van der Waals surface area (Å²) < 4.78 is 28.5. The number of carbonyl (C=O) groups is 1. The number of rotatable bonds is 7. The van der Waals surface area contributed by atoms with Crippen LogP contribution in [0.3, 0.4) is 0 Å². The summed E-state index contributed by atoms with van der Waals surface area (Å²) >= 11 is 0. The SMILES string of the molecule is CC[C@H](C)Oc1nc2nc(C34COC(CF)(C3)C4)cn2cc1C(=O)Nc1cnn2cc(C)cnc12. The Bertz CT molecular complexity index is 1460. The van der Waals surface area contributed by atoms with Crippen LogP contribution in [0.25, 0.3) is 11.4 Å². The Balaban J connectivity index is 1.36. The van der Waals surface area contributed by atoms with Gasteiger partial charge in [0.05, 0.1) is 30.2 Å². The van der Waals surface area contributed by atoms with E-state index >= 15 is 0 Å². The van der Waals surface area contributed by atoms with E-state index in [1.54, 1.807) is 27.5 Å². The Morgan fingerprint density at radius 3 is 2.86 bits per heavy atom. The minimum Gasteiger partial charge on any atom is -0.474 e. The lowest BCUT2D eigenvalue weighted by Gasteiger charge is -2.41. The molecule has 4 aromatic heterocycles. The number of hydrogen-bond acceptors (Lipinski definition) is 7. The number of fused-ring (bicyclic) bond motifs is 3. The molecule has 3 aliphatic rings. The first-order valence-electron chi connectivity index (χ1n) is 11.7. The number of amides is 1. The number of carbonyl (C=O) groups excluding carboxylic acids is 1. The molecule has 0 unspecified atom stereocenters. The lowest BCUT2D eigenvalue weighted by atomic mass is 9.61. The summed E-state index contributed by atoms with van der Waals surface area (Å²) in [6.07, 6.45) is 10.4. The van der Waals surface area contributed by atoms with Gasteiger partial charge in [-0.1, -0.05) is 6.92 Å². The lowest BCUT2D eigenvalue weighted by molar-refractivity contribution is -0.0235. The van der Waals surface area contributed by atoms with Crippen molar-refractivity contribution >= 4 is 23.0 Å². The summed E-state index contributed by atoms with van der Waals surface area (Å²) in [4.78, 5) is 27.0. The van der Waals surface area contributed by atoms with Crippen molar-refractivity contribution in [2.24, 2.45) is 0 Å². The number of anilines is 1. The van der Waals surface area contributed by atoms with Crippen molar-refractivity contribution in [2.75, 3.05) is 18.6 Å². The molecule has 3 fully saturated rings. The van der Waals surface area contributed by atoms with Crippen LogP contribution in [-0.2, 0) is 10.2 Å². The summed E-state index contributed by atoms with van der Waals surface area (Å²) in [5, 5.41) is 7.16. The number of imidazole rings is 1. The van der Waals surface area contributed by atoms with Crippen LogP contribution in [0, 0.1) is 6.92 Å². The molecule has 2 aliphatic heterocycles. The van der Waals surface area contributed by atoms with Gasteiger partial charge in [0.15, 0.2) is 5.65 Å². The van der Waals surface area contributed by atoms with E-state index in [1.807, 2.05) is 33.2 Å². The van der Waals surface area contributed by atoms with E-state index in [0.29, 0.717) is 36.6 Å². The van der Waals surface area contributed by atoms with Crippen molar-refractivity contribution < 1.29 is 18.7 Å². The molecule has 0 aromatic carbocycles. The highest BCUT2D eigenvalue weighted by molar-refractivity contribution is 6.07. The van der Waals surface area contributed by atoms with Crippen LogP contribution in [0.1, 0.15) is 54.7 Å². The quantitative estimate of drug-likeness (QED) is 0.433. The Morgan fingerprint density at radius 1 is 1.29 bits per heavy atom. The van der Waals surface area contributed by atoms with E-state index in [1.165, 1.54) is 0 Å². The molecule has 1 atom stereocenters. The highest BCUT2D eigenvalue weighted by atomic mass is 19.1. The summed E-state index contributed by atoms with van der Waals surface area (Å²) in [5.41, 5.74) is 2.06. The monoisotopic (exact) mass is 479 g/mol. The van der Waals surface area contributed by atoms with Crippen molar-refractivity contribution in [2.45, 2.75) is 57.2 Å². The highest BCUT2D eigenvalue weighted by Crippen LogP contribution is 2.58. The lowest BCUT2D eigenvalue weighted by Crippen LogP contribution is -2.48. The summed E-state index contributed by atoms with van der Waals surface area (Å²) in [6, 6.07) is 0. The topological polar surface area (TPSA) is 108 Å². The zero-order valence-corrected chi connectivity index (χ0v) is 19.8. The molecule has 7 rings (SSSR count).